The second kappa shape index (κ2) is 7.82. The van der Waals surface area contributed by atoms with E-state index in [0.717, 1.165) is 0 Å². The molecule has 0 radical (unpaired) electrons. The summed E-state index contributed by atoms with van der Waals surface area (Å²) in [6, 6.07) is 9.16. The first-order valence-corrected chi connectivity index (χ1v) is 6.33. The van der Waals surface area contributed by atoms with Gasteiger partial charge in [0.2, 0.25) is 24.3 Å². The first-order valence-electron chi connectivity index (χ1n) is 6.33. The van der Waals surface area contributed by atoms with Crippen molar-refractivity contribution in [1.82, 2.24) is 0 Å². The molecule has 24 heavy (non-hydrogen) atoms. The Hall–Kier alpha value is -4.04. The minimum atomic E-state index is 0.126. The third kappa shape index (κ3) is 3.59. The number of isocyanates is 4. The van der Waals surface area contributed by atoms with E-state index in [-0.39, 0.29) is 22.7 Å². The summed E-state index contributed by atoms with van der Waals surface area (Å²) in [6.07, 6.45) is 5.49. The second-order valence-corrected chi connectivity index (χ2v) is 4.22. The van der Waals surface area contributed by atoms with Gasteiger partial charge in [-0.15, -0.1) is 0 Å². The lowest BCUT2D eigenvalue weighted by Gasteiger charge is -2.06. The molecule has 0 saturated heterocycles. The predicted molar refractivity (Wildman–Crippen MR) is 83.0 cm³/mol. The third-order valence-electron chi connectivity index (χ3n) is 2.95. The van der Waals surface area contributed by atoms with E-state index in [2.05, 4.69) is 20.0 Å². The molecule has 2 aromatic carbocycles. The molecule has 0 aliphatic rings. The smallest absolute Gasteiger partial charge is 0.211 e. The van der Waals surface area contributed by atoms with E-state index < -0.39 is 0 Å². The Bertz CT molecular complexity index is 908. The van der Waals surface area contributed by atoms with E-state index in [1.807, 2.05) is 0 Å². The number of rotatable bonds is 5. The molecule has 0 bridgehead atoms. The van der Waals surface area contributed by atoms with Crippen molar-refractivity contribution in [3.8, 4) is 11.1 Å². The SMILES string of the molecule is O=C=Nc1ccc(-c2ccc(N=C=O)c(N=C=O)c2)cc1N=C=O. The van der Waals surface area contributed by atoms with Crippen LogP contribution in [0.5, 0.6) is 0 Å². The second-order valence-electron chi connectivity index (χ2n) is 4.22. The average Bonchev–Trinajstić information content (AvgIpc) is 2.59. The molecule has 0 unspecified atom stereocenters. The normalized spacial score (nSPS) is 8.83. The monoisotopic (exact) mass is 318 g/mol. The zero-order valence-corrected chi connectivity index (χ0v) is 11.9. The molecular weight excluding hydrogens is 312 g/mol. The van der Waals surface area contributed by atoms with E-state index in [9.17, 15) is 19.2 Å². The van der Waals surface area contributed by atoms with Crippen molar-refractivity contribution in [2.75, 3.05) is 0 Å². The van der Waals surface area contributed by atoms with Crippen molar-refractivity contribution >= 4 is 47.1 Å². The summed E-state index contributed by atoms with van der Waals surface area (Å²) in [5.41, 5.74) is 1.76. The fourth-order valence-electron chi connectivity index (χ4n) is 1.97. The zero-order valence-electron chi connectivity index (χ0n) is 11.9. The van der Waals surface area contributed by atoms with Crippen LogP contribution < -0.4 is 0 Å². The largest absolute Gasteiger partial charge is 0.240 e. The number of hydrogen-bond acceptors (Lipinski definition) is 8. The number of nitrogens with zero attached hydrogens (tertiary/aromatic N) is 4. The third-order valence-corrected chi connectivity index (χ3v) is 2.95. The molecular formula is C16H6N4O4. The van der Waals surface area contributed by atoms with Crippen LogP contribution in [-0.2, 0) is 19.2 Å². The van der Waals surface area contributed by atoms with Crippen molar-refractivity contribution in [2.24, 2.45) is 20.0 Å². The van der Waals surface area contributed by atoms with Crippen LogP contribution in [0.25, 0.3) is 11.1 Å². The van der Waals surface area contributed by atoms with Crippen molar-refractivity contribution in [3.63, 3.8) is 0 Å². The molecule has 8 nitrogen and oxygen atoms in total. The van der Waals surface area contributed by atoms with Crippen molar-refractivity contribution < 1.29 is 19.2 Å². The quantitative estimate of drug-likeness (QED) is 0.621. The number of benzene rings is 2. The van der Waals surface area contributed by atoms with Crippen molar-refractivity contribution in [3.05, 3.63) is 36.4 Å². The van der Waals surface area contributed by atoms with Gasteiger partial charge in [0.1, 0.15) is 22.7 Å². The average molecular weight is 318 g/mol. The van der Waals surface area contributed by atoms with E-state index >= 15 is 0 Å². The van der Waals surface area contributed by atoms with Gasteiger partial charge in [-0.25, -0.2) is 19.2 Å². The summed E-state index contributed by atoms with van der Waals surface area (Å²) in [4.78, 5) is 55.6. The molecule has 0 saturated carbocycles. The van der Waals surface area contributed by atoms with Gasteiger partial charge < -0.3 is 0 Å². The highest BCUT2D eigenvalue weighted by atomic mass is 16.1. The molecule has 0 fully saturated rings. The molecule has 0 heterocycles. The molecule has 8 heteroatoms. The van der Waals surface area contributed by atoms with Crippen LogP contribution in [0.15, 0.2) is 56.4 Å². The van der Waals surface area contributed by atoms with Crippen LogP contribution >= 0.6 is 0 Å². The maximum atomic E-state index is 10.5. The Morgan fingerprint density at radius 2 is 0.833 bits per heavy atom. The van der Waals surface area contributed by atoms with Crippen LogP contribution in [0.1, 0.15) is 0 Å². The summed E-state index contributed by atoms with van der Waals surface area (Å²) in [6.45, 7) is 0. The Balaban J connectivity index is 2.63. The Kier molecular flexibility index (Phi) is 5.32. The Morgan fingerprint density at radius 3 is 1.17 bits per heavy atom. The molecule has 0 amide bonds. The maximum absolute atomic E-state index is 10.5. The lowest BCUT2D eigenvalue weighted by atomic mass is 10.0. The maximum Gasteiger partial charge on any atom is 0.240 e. The molecule has 0 aliphatic carbocycles. The molecule has 2 aromatic rings. The standard InChI is InChI=1S/C16H6N4O4/c21-7-17-13-3-1-11(5-15(13)19-9-23)12-2-4-14(18-8-22)16(6-12)20-10-24/h1-6H. The molecule has 114 valence electrons. The number of carbonyl (C=O) groups excluding carboxylic acids is 4. The van der Waals surface area contributed by atoms with Crippen molar-refractivity contribution in [1.29, 1.82) is 0 Å². The molecule has 0 aromatic heterocycles. The van der Waals surface area contributed by atoms with Crippen LogP contribution in [-0.4, -0.2) is 24.3 Å². The highest BCUT2D eigenvalue weighted by molar-refractivity contribution is 5.80. The molecule has 2 rings (SSSR count). The van der Waals surface area contributed by atoms with E-state index in [0.29, 0.717) is 11.1 Å². The fourth-order valence-corrected chi connectivity index (χ4v) is 1.97. The highest BCUT2D eigenvalue weighted by Crippen LogP contribution is 2.36. The Morgan fingerprint density at radius 1 is 0.500 bits per heavy atom. The fraction of sp³-hybridized carbons (Fsp3) is 0. The van der Waals surface area contributed by atoms with Gasteiger partial charge in [-0.3, -0.25) is 0 Å². The lowest BCUT2D eigenvalue weighted by molar-refractivity contribution is 0.564. The molecule has 0 N–H and O–H groups in total. The summed E-state index contributed by atoms with van der Waals surface area (Å²) in [5, 5.41) is 0. The highest BCUT2D eigenvalue weighted by Gasteiger charge is 2.08. The van der Waals surface area contributed by atoms with Gasteiger partial charge in [-0.1, -0.05) is 12.1 Å². The topological polar surface area (TPSA) is 118 Å². The molecule has 0 spiro atoms. The minimum absolute atomic E-state index is 0.126. The van der Waals surface area contributed by atoms with Gasteiger partial charge in [0, 0.05) is 0 Å². The predicted octanol–water partition coefficient (Wildman–Crippen LogP) is 3.22. The van der Waals surface area contributed by atoms with E-state index in [1.54, 1.807) is 12.1 Å². The van der Waals surface area contributed by atoms with E-state index in [4.69, 9.17) is 0 Å². The molecule has 0 aliphatic heterocycles. The van der Waals surface area contributed by atoms with Gasteiger partial charge in [0.15, 0.2) is 0 Å². The molecule has 0 atom stereocenters. The minimum Gasteiger partial charge on any atom is -0.211 e. The summed E-state index contributed by atoms with van der Waals surface area (Å²) in [5.74, 6) is 0. The van der Waals surface area contributed by atoms with Gasteiger partial charge in [0.05, 0.1) is 0 Å². The zero-order chi connectivity index (χ0) is 17.4. The van der Waals surface area contributed by atoms with Gasteiger partial charge >= 0.3 is 0 Å². The summed E-state index contributed by atoms with van der Waals surface area (Å²) < 4.78 is 0. The van der Waals surface area contributed by atoms with Crippen molar-refractivity contribution in [2.45, 2.75) is 0 Å². The summed E-state index contributed by atoms with van der Waals surface area (Å²) in [7, 11) is 0. The first kappa shape index (κ1) is 16.3. The number of aliphatic imine (C=N–C) groups is 4. The van der Waals surface area contributed by atoms with Crippen LogP contribution in [0.4, 0.5) is 22.7 Å². The first-order chi connectivity index (χ1) is 11.7. The van der Waals surface area contributed by atoms with Crippen LogP contribution in [0.3, 0.4) is 0 Å². The lowest BCUT2D eigenvalue weighted by Crippen LogP contribution is -1.79. The van der Waals surface area contributed by atoms with Crippen LogP contribution in [0, 0.1) is 0 Å². The Labute approximate surface area is 134 Å². The van der Waals surface area contributed by atoms with Crippen LogP contribution in [0.2, 0.25) is 0 Å². The van der Waals surface area contributed by atoms with Gasteiger partial charge in [-0.05, 0) is 35.4 Å². The van der Waals surface area contributed by atoms with E-state index in [1.165, 1.54) is 48.6 Å². The summed E-state index contributed by atoms with van der Waals surface area (Å²) >= 11 is 0. The number of hydrogen-bond donors (Lipinski definition) is 0. The van der Waals surface area contributed by atoms with Gasteiger partial charge in [0.25, 0.3) is 0 Å². The van der Waals surface area contributed by atoms with Gasteiger partial charge in [-0.2, -0.15) is 20.0 Å².